The fourth-order valence-corrected chi connectivity index (χ4v) is 3.65. The molecule has 3 rings (SSSR count). The number of piperidine rings is 1. The molecule has 1 aliphatic rings. The molecule has 2 amide bonds. The van der Waals surface area contributed by atoms with Crippen molar-refractivity contribution in [3.05, 3.63) is 66.0 Å². The Bertz CT molecular complexity index is 772. The number of rotatable bonds is 6. The van der Waals surface area contributed by atoms with Gasteiger partial charge in [0.1, 0.15) is 6.04 Å². The van der Waals surface area contributed by atoms with E-state index in [4.69, 9.17) is 5.73 Å². The van der Waals surface area contributed by atoms with Crippen molar-refractivity contribution in [2.24, 2.45) is 11.7 Å². The predicted molar refractivity (Wildman–Crippen MR) is 109 cm³/mol. The largest absolute Gasteiger partial charge is 0.341 e. The summed E-state index contributed by atoms with van der Waals surface area (Å²) < 4.78 is 0. The number of carbonyl (C=O) groups is 2. The van der Waals surface area contributed by atoms with Gasteiger partial charge in [-0.3, -0.25) is 14.6 Å². The van der Waals surface area contributed by atoms with Crippen LogP contribution in [0.1, 0.15) is 35.7 Å². The second-order valence-electron chi connectivity index (χ2n) is 7.48. The van der Waals surface area contributed by atoms with Crippen LogP contribution in [0.5, 0.6) is 0 Å². The van der Waals surface area contributed by atoms with Gasteiger partial charge in [0.05, 0.1) is 5.56 Å². The first-order valence-electron chi connectivity index (χ1n) is 9.84. The van der Waals surface area contributed by atoms with Crippen LogP contribution in [0.25, 0.3) is 0 Å². The molecule has 148 valence electrons. The van der Waals surface area contributed by atoms with Gasteiger partial charge in [0, 0.05) is 37.9 Å². The highest BCUT2D eigenvalue weighted by Crippen LogP contribution is 2.20. The minimum Gasteiger partial charge on any atom is -0.341 e. The summed E-state index contributed by atoms with van der Waals surface area (Å²) >= 11 is 0. The smallest absolute Gasteiger partial charge is 0.253 e. The lowest BCUT2D eigenvalue weighted by atomic mass is 9.90. The molecule has 0 saturated carbocycles. The molecule has 3 N–H and O–H groups in total. The van der Waals surface area contributed by atoms with Gasteiger partial charge >= 0.3 is 0 Å². The summed E-state index contributed by atoms with van der Waals surface area (Å²) in [6.45, 7) is 3.38. The molecular formula is C22H28N4O2. The summed E-state index contributed by atoms with van der Waals surface area (Å²) in [5.41, 5.74) is 7.47. The van der Waals surface area contributed by atoms with Crippen LogP contribution in [0, 0.1) is 5.92 Å². The Hall–Kier alpha value is -2.73. The van der Waals surface area contributed by atoms with Gasteiger partial charge < -0.3 is 16.0 Å². The number of aromatic nitrogens is 1. The van der Waals surface area contributed by atoms with E-state index in [0.717, 1.165) is 18.4 Å². The third-order valence-corrected chi connectivity index (χ3v) is 5.40. The van der Waals surface area contributed by atoms with E-state index < -0.39 is 6.04 Å². The van der Waals surface area contributed by atoms with Crippen LogP contribution in [0.4, 0.5) is 0 Å². The predicted octanol–water partition coefficient (Wildman–Crippen LogP) is 2.01. The third kappa shape index (κ3) is 5.16. The lowest BCUT2D eigenvalue weighted by molar-refractivity contribution is -0.134. The van der Waals surface area contributed by atoms with Gasteiger partial charge in [-0.2, -0.15) is 0 Å². The molecule has 0 radical (unpaired) electrons. The molecule has 2 heterocycles. The zero-order valence-electron chi connectivity index (χ0n) is 16.3. The molecule has 1 aromatic heterocycles. The first-order valence-corrected chi connectivity index (χ1v) is 9.84. The van der Waals surface area contributed by atoms with Gasteiger partial charge in [0.2, 0.25) is 5.91 Å². The first kappa shape index (κ1) is 20.0. The van der Waals surface area contributed by atoms with Crippen molar-refractivity contribution < 1.29 is 9.59 Å². The summed E-state index contributed by atoms with van der Waals surface area (Å²) in [5.74, 6) is 0.124. The summed E-state index contributed by atoms with van der Waals surface area (Å²) in [6.07, 6.45) is 5.38. The number of hydrogen-bond donors (Lipinski definition) is 2. The number of nitrogens with zero attached hydrogens (tertiary/aromatic N) is 2. The standard InChI is InChI=1S/C22H28N4O2/c1-16(23)18-9-12-26(13-10-18)22(28)20(14-17-6-3-2-4-7-17)25-21(27)19-8-5-11-24-15-19/h2-8,11,15-16,18,20H,9-10,12-14,23H2,1H3,(H,25,27). The van der Waals surface area contributed by atoms with Crippen LogP contribution >= 0.6 is 0 Å². The molecule has 0 aliphatic carbocycles. The third-order valence-electron chi connectivity index (χ3n) is 5.40. The molecule has 0 bridgehead atoms. The maximum absolute atomic E-state index is 13.2. The van der Waals surface area contributed by atoms with E-state index in [1.807, 2.05) is 42.2 Å². The van der Waals surface area contributed by atoms with E-state index in [0.29, 0.717) is 31.0 Å². The zero-order valence-corrected chi connectivity index (χ0v) is 16.3. The fourth-order valence-electron chi connectivity index (χ4n) is 3.65. The number of nitrogens with one attached hydrogen (secondary N) is 1. The van der Waals surface area contributed by atoms with Crippen LogP contribution < -0.4 is 11.1 Å². The Labute approximate surface area is 166 Å². The Kier molecular flexibility index (Phi) is 6.76. The van der Waals surface area contributed by atoms with Crippen LogP contribution in [-0.2, 0) is 11.2 Å². The second-order valence-corrected chi connectivity index (χ2v) is 7.48. The Morgan fingerprint density at radius 1 is 1.18 bits per heavy atom. The number of likely N-dealkylation sites (tertiary alicyclic amines) is 1. The van der Waals surface area contributed by atoms with Crippen LogP contribution in [0.3, 0.4) is 0 Å². The molecule has 2 aromatic rings. The number of amides is 2. The van der Waals surface area contributed by atoms with Gasteiger partial charge in [-0.1, -0.05) is 30.3 Å². The highest BCUT2D eigenvalue weighted by Gasteiger charge is 2.30. The summed E-state index contributed by atoms with van der Waals surface area (Å²) in [4.78, 5) is 31.7. The van der Waals surface area contributed by atoms with E-state index >= 15 is 0 Å². The van der Waals surface area contributed by atoms with Gasteiger partial charge in [-0.25, -0.2) is 0 Å². The highest BCUT2D eigenvalue weighted by molar-refractivity contribution is 5.97. The number of pyridine rings is 1. The molecular weight excluding hydrogens is 352 g/mol. The van der Waals surface area contributed by atoms with E-state index in [1.165, 1.54) is 6.20 Å². The maximum atomic E-state index is 13.2. The SMILES string of the molecule is CC(N)C1CCN(C(=O)C(Cc2ccccc2)NC(=O)c2cccnc2)CC1. The molecule has 1 saturated heterocycles. The Morgan fingerprint density at radius 3 is 2.50 bits per heavy atom. The minimum absolute atomic E-state index is 0.0378. The quantitative estimate of drug-likeness (QED) is 0.802. The fraction of sp³-hybridized carbons (Fsp3) is 0.409. The van der Waals surface area contributed by atoms with Gasteiger partial charge in [0.25, 0.3) is 5.91 Å². The van der Waals surface area contributed by atoms with Crippen LogP contribution in [0.2, 0.25) is 0 Å². The lowest BCUT2D eigenvalue weighted by Gasteiger charge is -2.35. The molecule has 1 fully saturated rings. The highest BCUT2D eigenvalue weighted by atomic mass is 16.2. The summed E-state index contributed by atoms with van der Waals surface area (Å²) in [5, 5.41) is 2.92. The minimum atomic E-state index is -0.609. The maximum Gasteiger partial charge on any atom is 0.253 e. The van der Waals surface area contributed by atoms with Crippen molar-refractivity contribution in [3.8, 4) is 0 Å². The molecule has 2 atom stereocenters. The average molecular weight is 380 g/mol. The van der Waals surface area contributed by atoms with E-state index in [9.17, 15) is 9.59 Å². The van der Waals surface area contributed by atoms with Gasteiger partial charge in [-0.05, 0) is 43.4 Å². The number of benzene rings is 1. The first-order chi connectivity index (χ1) is 13.5. The molecule has 2 unspecified atom stereocenters. The number of carbonyl (C=O) groups excluding carboxylic acids is 2. The van der Waals surface area contributed by atoms with Crippen LogP contribution in [0.15, 0.2) is 54.9 Å². The Balaban J connectivity index is 1.72. The van der Waals surface area contributed by atoms with Crippen molar-refractivity contribution in [2.75, 3.05) is 13.1 Å². The lowest BCUT2D eigenvalue weighted by Crippen LogP contribution is -2.52. The van der Waals surface area contributed by atoms with Crippen molar-refractivity contribution in [1.82, 2.24) is 15.2 Å². The van der Waals surface area contributed by atoms with Crippen LogP contribution in [-0.4, -0.2) is 46.9 Å². The second kappa shape index (κ2) is 9.46. The Morgan fingerprint density at radius 2 is 1.89 bits per heavy atom. The van der Waals surface area contributed by atoms with Crippen molar-refractivity contribution in [3.63, 3.8) is 0 Å². The number of nitrogens with two attached hydrogens (primary N) is 1. The summed E-state index contributed by atoms with van der Waals surface area (Å²) in [7, 11) is 0. The molecule has 6 heteroatoms. The summed E-state index contributed by atoms with van der Waals surface area (Å²) in [6, 6.07) is 12.7. The topological polar surface area (TPSA) is 88.3 Å². The van der Waals surface area contributed by atoms with Crippen molar-refractivity contribution in [2.45, 2.75) is 38.3 Å². The molecule has 6 nitrogen and oxygen atoms in total. The van der Waals surface area contributed by atoms with Crippen molar-refractivity contribution >= 4 is 11.8 Å². The van der Waals surface area contributed by atoms with E-state index in [-0.39, 0.29) is 17.9 Å². The zero-order chi connectivity index (χ0) is 19.9. The van der Waals surface area contributed by atoms with Gasteiger partial charge in [-0.15, -0.1) is 0 Å². The molecule has 1 aliphatic heterocycles. The monoisotopic (exact) mass is 380 g/mol. The van der Waals surface area contributed by atoms with E-state index in [2.05, 4.69) is 10.3 Å². The number of hydrogen-bond acceptors (Lipinski definition) is 4. The normalized spacial score (nSPS) is 17.0. The van der Waals surface area contributed by atoms with E-state index in [1.54, 1.807) is 18.3 Å². The molecule has 28 heavy (non-hydrogen) atoms. The van der Waals surface area contributed by atoms with Crippen molar-refractivity contribution in [1.29, 1.82) is 0 Å². The molecule has 1 aromatic carbocycles. The van der Waals surface area contributed by atoms with Gasteiger partial charge in [0.15, 0.2) is 0 Å². The average Bonchev–Trinajstić information content (AvgIpc) is 2.74. The molecule has 0 spiro atoms.